The Kier molecular flexibility index (Phi) is 4.35. The Balaban J connectivity index is 2.18. The molecule has 0 saturated heterocycles. The van der Waals surface area contributed by atoms with Gasteiger partial charge < -0.3 is 9.84 Å². The second-order valence-electron chi connectivity index (χ2n) is 4.14. The summed E-state index contributed by atoms with van der Waals surface area (Å²) in [5, 5.41) is 6.62. The van der Waals surface area contributed by atoms with E-state index in [1.807, 2.05) is 6.92 Å². The lowest BCUT2D eigenvalue weighted by Gasteiger charge is -2.10. The first-order valence-corrected chi connectivity index (χ1v) is 7.62. The Bertz CT molecular complexity index is 682. The van der Waals surface area contributed by atoms with E-state index in [0.29, 0.717) is 23.8 Å². The number of sulfonamides is 1. The topological polar surface area (TPSA) is 97.1 Å². The van der Waals surface area contributed by atoms with Crippen molar-refractivity contribution in [2.24, 2.45) is 0 Å². The summed E-state index contributed by atoms with van der Waals surface area (Å²) in [5.74, 6) is 0.788. The predicted molar refractivity (Wildman–Crippen MR) is 73.7 cm³/mol. The van der Waals surface area contributed by atoms with Gasteiger partial charge in [-0.2, -0.15) is 0 Å². The molecule has 0 atom stereocenters. The molecule has 7 nitrogen and oxygen atoms in total. The maximum atomic E-state index is 12.3. The maximum absolute atomic E-state index is 12.3. The zero-order valence-electron chi connectivity index (χ0n) is 11.3. The molecule has 0 spiro atoms. The summed E-state index contributed by atoms with van der Waals surface area (Å²) in [6, 6.07) is 4.75. The summed E-state index contributed by atoms with van der Waals surface area (Å²) in [6.45, 7) is 4.27. The zero-order valence-corrected chi connectivity index (χ0v) is 12.1. The van der Waals surface area contributed by atoms with Crippen LogP contribution in [-0.2, 0) is 16.6 Å². The van der Waals surface area contributed by atoms with Crippen molar-refractivity contribution < 1.29 is 12.9 Å². The van der Waals surface area contributed by atoms with Gasteiger partial charge in [0.15, 0.2) is 5.76 Å². The zero-order chi connectivity index (χ0) is 14.6. The van der Waals surface area contributed by atoms with Crippen LogP contribution in [0.1, 0.15) is 18.4 Å². The summed E-state index contributed by atoms with van der Waals surface area (Å²) in [4.78, 5) is 4.14. The predicted octanol–water partition coefficient (Wildman–Crippen LogP) is 1.29. The fraction of sp³-hybridized carbons (Fsp3) is 0.333. The van der Waals surface area contributed by atoms with Crippen molar-refractivity contribution >= 4 is 15.8 Å². The molecule has 0 aliphatic rings. The van der Waals surface area contributed by atoms with Gasteiger partial charge in [-0.05, 0) is 26.0 Å². The molecule has 0 radical (unpaired) electrons. The van der Waals surface area contributed by atoms with Gasteiger partial charge in [-0.3, -0.25) is 0 Å². The fourth-order valence-electron chi connectivity index (χ4n) is 1.65. The molecule has 2 aromatic heterocycles. The van der Waals surface area contributed by atoms with Crippen molar-refractivity contribution in [2.45, 2.75) is 25.3 Å². The Morgan fingerprint density at radius 1 is 1.40 bits per heavy atom. The minimum Gasteiger partial charge on any atom is -0.369 e. The standard InChI is InChI=1S/C12H16N4O3S/c1-3-13-12-11(5-4-6-14-12)20(17,18)15-8-10-7-9(2)16-19-10/h4-7,15H,3,8H2,1-2H3,(H,13,14). The van der Waals surface area contributed by atoms with Gasteiger partial charge in [0, 0.05) is 18.8 Å². The van der Waals surface area contributed by atoms with Crippen LogP contribution in [0.25, 0.3) is 0 Å². The summed E-state index contributed by atoms with van der Waals surface area (Å²) in [6.07, 6.45) is 1.54. The number of hydrogen-bond donors (Lipinski definition) is 2. The molecule has 2 rings (SSSR count). The highest BCUT2D eigenvalue weighted by atomic mass is 32.2. The molecule has 108 valence electrons. The molecule has 2 aromatic rings. The van der Waals surface area contributed by atoms with Crippen molar-refractivity contribution in [1.82, 2.24) is 14.9 Å². The molecule has 0 fully saturated rings. The first-order chi connectivity index (χ1) is 9.53. The SMILES string of the molecule is CCNc1ncccc1S(=O)(=O)NCc1cc(C)no1. The van der Waals surface area contributed by atoms with Crippen molar-refractivity contribution in [1.29, 1.82) is 0 Å². The van der Waals surface area contributed by atoms with Crippen molar-refractivity contribution in [3.05, 3.63) is 35.9 Å². The second kappa shape index (κ2) is 6.02. The van der Waals surface area contributed by atoms with Crippen LogP contribution in [0, 0.1) is 6.92 Å². The van der Waals surface area contributed by atoms with Gasteiger partial charge in [0.05, 0.1) is 12.2 Å². The van der Waals surface area contributed by atoms with Crippen LogP contribution in [0.2, 0.25) is 0 Å². The first-order valence-electron chi connectivity index (χ1n) is 6.13. The molecule has 0 bridgehead atoms. The fourth-order valence-corrected chi connectivity index (χ4v) is 2.78. The summed E-state index contributed by atoms with van der Waals surface area (Å²) < 4.78 is 31.9. The van der Waals surface area contributed by atoms with E-state index in [4.69, 9.17) is 4.52 Å². The molecule has 0 aliphatic heterocycles. The monoisotopic (exact) mass is 296 g/mol. The van der Waals surface area contributed by atoms with E-state index in [-0.39, 0.29) is 11.4 Å². The van der Waals surface area contributed by atoms with E-state index in [1.165, 1.54) is 12.3 Å². The third-order valence-corrected chi connectivity index (χ3v) is 3.95. The van der Waals surface area contributed by atoms with Crippen LogP contribution in [-0.4, -0.2) is 25.1 Å². The van der Waals surface area contributed by atoms with Gasteiger partial charge in [-0.1, -0.05) is 5.16 Å². The van der Waals surface area contributed by atoms with Gasteiger partial charge in [-0.25, -0.2) is 18.1 Å². The summed E-state index contributed by atoms with van der Waals surface area (Å²) in [5.41, 5.74) is 0.703. The van der Waals surface area contributed by atoms with E-state index in [2.05, 4.69) is 20.2 Å². The van der Waals surface area contributed by atoms with Gasteiger partial charge in [0.25, 0.3) is 0 Å². The van der Waals surface area contributed by atoms with Crippen LogP contribution in [0.4, 0.5) is 5.82 Å². The summed E-state index contributed by atoms with van der Waals surface area (Å²) >= 11 is 0. The molecular formula is C12H16N4O3S. The van der Waals surface area contributed by atoms with Gasteiger partial charge in [0.1, 0.15) is 10.7 Å². The molecule has 0 saturated carbocycles. The molecule has 20 heavy (non-hydrogen) atoms. The van der Waals surface area contributed by atoms with E-state index in [9.17, 15) is 8.42 Å². The number of anilines is 1. The normalized spacial score (nSPS) is 11.5. The van der Waals surface area contributed by atoms with Crippen molar-refractivity contribution in [3.63, 3.8) is 0 Å². The average molecular weight is 296 g/mol. The largest absolute Gasteiger partial charge is 0.369 e. The van der Waals surface area contributed by atoms with Crippen LogP contribution in [0.15, 0.2) is 33.8 Å². The number of aromatic nitrogens is 2. The van der Waals surface area contributed by atoms with E-state index < -0.39 is 10.0 Å². The lowest BCUT2D eigenvalue weighted by molar-refractivity contribution is 0.377. The highest BCUT2D eigenvalue weighted by Gasteiger charge is 2.19. The third kappa shape index (κ3) is 3.34. The number of nitrogens with one attached hydrogen (secondary N) is 2. The molecule has 0 aromatic carbocycles. The van der Waals surface area contributed by atoms with E-state index >= 15 is 0 Å². The highest BCUT2D eigenvalue weighted by Crippen LogP contribution is 2.18. The first kappa shape index (κ1) is 14.5. The van der Waals surface area contributed by atoms with Crippen LogP contribution >= 0.6 is 0 Å². The van der Waals surface area contributed by atoms with Gasteiger partial charge in [0.2, 0.25) is 10.0 Å². The molecule has 2 N–H and O–H groups in total. The minimum atomic E-state index is -3.66. The Labute approximate surface area is 117 Å². The lowest BCUT2D eigenvalue weighted by Crippen LogP contribution is -2.24. The van der Waals surface area contributed by atoms with Crippen LogP contribution in [0.3, 0.4) is 0 Å². The second-order valence-corrected chi connectivity index (χ2v) is 5.88. The average Bonchev–Trinajstić information content (AvgIpc) is 2.83. The minimum absolute atomic E-state index is 0.0453. The number of hydrogen-bond acceptors (Lipinski definition) is 6. The number of nitrogens with zero attached hydrogens (tertiary/aromatic N) is 2. The number of pyridine rings is 1. The molecule has 2 heterocycles. The number of rotatable bonds is 6. The molecule has 8 heteroatoms. The molecule has 0 aliphatic carbocycles. The molecular weight excluding hydrogens is 280 g/mol. The number of aryl methyl sites for hydroxylation is 1. The van der Waals surface area contributed by atoms with Crippen molar-refractivity contribution in [2.75, 3.05) is 11.9 Å². The van der Waals surface area contributed by atoms with Crippen LogP contribution < -0.4 is 10.0 Å². The smallest absolute Gasteiger partial charge is 0.244 e. The quantitative estimate of drug-likeness (QED) is 0.833. The van der Waals surface area contributed by atoms with Gasteiger partial charge in [-0.15, -0.1) is 0 Å². The maximum Gasteiger partial charge on any atom is 0.244 e. The van der Waals surface area contributed by atoms with Crippen molar-refractivity contribution in [3.8, 4) is 0 Å². The Hall–Kier alpha value is -1.93. The Morgan fingerprint density at radius 2 is 2.20 bits per heavy atom. The van der Waals surface area contributed by atoms with E-state index in [1.54, 1.807) is 19.1 Å². The third-order valence-electron chi connectivity index (χ3n) is 2.52. The summed E-state index contributed by atoms with van der Waals surface area (Å²) in [7, 11) is -3.66. The highest BCUT2D eigenvalue weighted by molar-refractivity contribution is 7.89. The van der Waals surface area contributed by atoms with E-state index in [0.717, 1.165) is 0 Å². The van der Waals surface area contributed by atoms with Gasteiger partial charge >= 0.3 is 0 Å². The lowest BCUT2D eigenvalue weighted by atomic mass is 10.4. The molecule has 0 unspecified atom stereocenters. The van der Waals surface area contributed by atoms with Crippen LogP contribution in [0.5, 0.6) is 0 Å². The Morgan fingerprint density at radius 3 is 2.85 bits per heavy atom. The molecule has 0 amide bonds.